The van der Waals surface area contributed by atoms with Gasteiger partial charge in [-0.1, -0.05) is 35.5 Å². The van der Waals surface area contributed by atoms with Crippen molar-refractivity contribution in [2.24, 2.45) is 12.2 Å². The number of carbonyl (C=O) groups excluding carboxylic acids is 2. The summed E-state index contributed by atoms with van der Waals surface area (Å²) in [7, 11) is 1.82. The third-order valence-electron chi connectivity index (χ3n) is 5.33. The molecule has 2 aromatic heterocycles. The van der Waals surface area contributed by atoms with Crippen molar-refractivity contribution >= 4 is 44.8 Å². The maximum atomic E-state index is 12.9. The molecule has 0 fully saturated rings. The number of nitrogens with one attached hydrogen (secondary N) is 2. The van der Waals surface area contributed by atoms with Gasteiger partial charge in [0.05, 0.1) is 34.2 Å². The second-order valence-electron chi connectivity index (χ2n) is 7.93. The number of nitrogens with zero attached hydrogens (tertiary/aromatic N) is 3. The number of thiophene rings is 1. The van der Waals surface area contributed by atoms with Crippen LogP contribution in [0.1, 0.15) is 36.1 Å². The number of rotatable bonds is 8. The van der Waals surface area contributed by atoms with E-state index in [0.29, 0.717) is 12.1 Å². The van der Waals surface area contributed by atoms with Crippen LogP contribution >= 0.6 is 27.3 Å². The summed E-state index contributed by atoms with van der Waals surface area (Å²) in [5, 5.41) is 16.2. The number of oxime groups is 1. The van der Waals surface area contributed by atoms with Gasteiger partial charge in [-0.2, -0.15) is 5.10 Å². The Morgan fingerprint density at radius 2 is 2.09 bits per heavy atom. The summed E-state index contributed by atoms with van der Waals surface area (Å²) < 4.78 is 2.66. The zero-order valence-corrected chi connectivity index (χ0v) is 20.6. The van der Waals surface area contributed by atoms with E-state index in [4.69, 9.17) is 4.84 Å². The molecule has 2 N–H and O–H groups in total. The zero-order chi connectivity index (χ0) is 23.4. The van der Waals surface area contributed by atoms with Gasteiger partial charge in [0.2, 0.25) is 12.0 Å². The number of amides is 2. The Kier molecular flexibility index (Phi) is 7.24. The molecule has 1 aromatic carbocycles. The molecule has 33 heavy (non-hydrogen) atoms. The summed E-state index contributed by atoms with van der Waals surface area (Å²) in [4.78, 5) is 31.1. The first-order chi connectivity index (χ1) is 15.9. The highest BCUT2D eigenvalue weighted by molar-refractivity contribution is 9.11. The number of hydrogen-bond acceptors (Lipinski definition) is 6. The minimum atomic E-state index is -0.724. The molecule has 3 atom stereocenters. The maximum Gasteiger partial charge on any atom is 0.264 e. The van der Waals surface area contributed by atoms with Gasteiger partial charge in [-0.15, -0.1) is 11.3 Å². The fraction of sp³-hybridized carbons (Fsp3) is 0.304. The quantitative estimate of drug-likeness (QED) is 0.467. The summed E-state index contributed by atoms with van der Waals surface area (Å²) in [5.41, 5.74) is 3.36. The van der Waals surface area contributed by atoms with E-state index in [1.165, 1.54) is 11.3 Å². The van der Waals surface area contributed by atoms with Gasteiger partial charge in [0, 0.05) is 25.2 Å². The first-order valence-corrected chi connectivity index (χ1v) is 12.2. The fourth-order valence-corrected chi connectivity index (χ4v) is 4.87. The number of carbonyl (C=O) groups is 2. The number of hydrogen-bond donors (Lipinski definition) is 2. The number of aromatic nitrogens is 2. The van der Waals surface area contributed by atoms with Crippen LogP contribution in [0.4, 0.5) is 0 Å². The predicted molar refractivity (Wildman–Crippen MR) is 130 cm³/mol. The molecule has 172 valence electrons. The Balaban J connectivity index is 1.40. The molecule has 0 spiro atoms. The van der Waals surface area contributed by atoms with Crippen molar-refractivity contribution in [2.75, 3.05) is 0 Å². The van der Waals surface area contributed by atoms with Crippen LogP contribution in [0.5, 0.6) is 0 Å². The van der Waals surface area contributed by atoms with Gasteiger partial charge in [-0.3, -0.25) is 14.3 Å². The van der Waals surface area contributed by atoms with Crippen LogP contribution in [0, 0.1) is 0 Å². The van der Waals surface area contributed by atoms with E-state index in [0.717, 1.165) is 20.5 Å². The highest BCUT2D eigenvalue weighted by Gasteiger charge is 2.32. The number of benzene rings is 1. The van der Waals surface area contributed by atoms with Gasteiger partial charge in [-0.05, 0) is 45.4 Å². The molecule has 10 heteroatoms. The van der Waals surface area contributed by atoms with Crippen molar-refractivity contribution in [3.63, 3.8) is 0 Å². The molecule has 3 heterocycles. The van der Waals surface area contributed by atoms with Crippen molar-refractivity contribution in [1.82, 2.24) is 20.4 Å². The normalized spacial score (nSPS) is 17.1. The largest absolute Gasteiger partial charge is 0.382 e. The summed E-state index contributed by atoms with van der Waals surface area (Å²) in [6.45, 7) is 1.87. The van der Waals surface area contributed by atoms with E-state index in [2.05, 4.69) is 36.8 Å². The molecule has 0 aliphatic carbocycles. The molecule has 0 saturated carbocycles. The van der Waals surface area contributed by atoms with Crippen molar-refractivity contribution in [2.45, 2.75) is 38.0 Å². The summed E-state index contributed by atoms with van der Waals surface area (Å²) in [6.07, 6.45) is 3.42. The van der Waals surface area contributed by atoms with Gasteiger partial charge in [0.15, 0.2) is 0 Å². The van der Waals surface area contributed by atoms with Crippen LogP contribution in [0.25, 0.3) is 0 Å². The second-order valence-corrected chi connectivity index (χ2v) is 10.2. The van der Waals surface area contributed by atoms with Crippen LogP contribution in [0.3, 0.4) is 0 Å². The van der Waals surface area contributed by atoms with Gasteiger partial charge >= 0.3 is 0 Å². The van der Waals surface area contributed by atoms with Crippen LogP contribution in [0.15, 0.2) is 63.1 Å². The summed E-state index contributed by atoms with van der Waals surface area (Å²) >= 11 is 4.97. The van der Waals surface area contributed by atoms with E-state index in [1.807, 2.05) is 61.9 Å². The minimum absolute atomic E-state index is 0.116. The summed E-state index contributed by atoms with van der Waals surface area (Å²) in [6, 6.07) is 10.8. The number of halogens is 1. The monoisotopic (exact) mass is 529 g/mol. The Hall–Kier alpha value is -2.98. The smallest absolute Gasteiger partial charge is 0.264 e. The third-order valence-corrected chi connectivity index (χ3v) is 6.88. The van der Waals surface area contributed by atoms with Crippen LogP contribution in [-0.4, -0.2) is 39.5 Å². The lowest BCUT2D eigenvalue weighted by Gasteiger charge is -2.27. The molecule has 1 aliphatic rings. The Bertz CT molecular complexity index is 1160. The van der Waals surface area contributed by atoms with Gasteiger partial charge in [0.1, 0.15) is 0 Å². The molecule has 0 bridgehead atoms. The highest BCUT2D eigenvalue weighted by atomic mass is 79.9. The molecule has 0 saturated heterocycles. The van der Waals surface area contributed by atoms with Crippen molar-refractivity contribution in [1.29, 1.82) is 0 Å². The topological polar surface area (TPSA) is 97.6 Å². The molecule has 1 aliphatic heterocycles. The molecular weight excluding hydrogens is 506 g/mol. The van der Waals surface area contributed by atoms with E-state index in [9.17, 15) is 9.59 Å². The van der Waals surface area contributed by atoms with Crippen molar-refractivity contribution < 1.29 is 14.4 Å². The van der Waals surface area contributed by atoms with Crippen LogP contribution in [0.2, 0.25) is 0 Å². The first kappa shape index (κ1) is 23.2. The van der Waals surface area contributed by atoms with E-state index < -0.39 is 12.1 Å². The van der Waals surface area contributed by atoms with Gasteiger partial charge in [0.25, 0.3) is 5.91 Å². The first-order valence-electron chi connectivity index (χ1n) is 10.5. The average Bonchev–Trinajstić information content (AvgIpc) is 3.54. The van der Waals surface area contributed by atoms with Crippen molar-refractivity contribution in [3.8, 4) is 0 Å². The number of aryl methyl sites for hydroxylation is 1. The molecule has 3 aromatic rings. The fourth-order valence-electron chi connectivity index (χ4n) is 3.67. The van der Waals surface area contributed by atoms with E-state index in [-0.39, 0.29) is 24.3 Å². The van der Waals surface area contributed by atoms with E-state index in [1.54, 1.807) is 10.9 Å². The lowest BCUT2D eigenvalue weighted by Crippen LogP contribution is -2.47. The van der Waals surface area contributed by atoms with Gasteiger partial charge < -0.3 is 15.5 Å². The van der Waals surface area contributed by atoms with Crippen LogP contribution < -0.4 is 10.6 Å². The molecule has 8 nitrogen and oxygen atoms in total. The standard InChI is InChI=1S/C23H24BrN5O3S/c1-14(26-23(31)19-10-18(28-32-19)17-11-25-29(2)12-17)22(16-6-4-3-5-7-16)27-21(30)9-15-8-20(24)33-13-15/h3-8,11-14,19,22H,9-10H2,1-2H3,(H,26,31)(H,27,30). The molecule has 3 unspecified atom stereocenters. The Morgan fingerprint density at radius 1 is 1.30 bits per heavy atom. The SMILES string of the molecule is CC(NC(=O)C1CC(c2cnn(C)c2)=NO1)C(NC(=O)Cc1csc(Br)c1)c1ccccc1. The lowest BCUT2D eigenvalue weighted by atomic mass is 9.99. The van der Waals surface area contributed by atoms with Crippen molar-refractivity contribution in [3.05, 3.63) is 74.6 Å². The Morgan fingerprint density at radius 3 is 2.76 bits per heavy atom. The highest BCUT2D eigenvalue weighted by Crippen LogP contribution is 2.23. The molecule has 2 amide bonds. The minimum Gasteiger partial charge on any atom is -0.382 e. The molecular formula is C23H24BrN5O3S. The third kappa shape index (κ3) is 5.88. The predicted octanol–water partition coefficient (Wildman–Crippen LogP) is 3.34. The average molecular weight is 530 g/mol. The second kappa shape index (κ2) is 10.3. The molecule has 4 rings (SSSR count). The molecule has 0 radical (unpaired) electrons. The maximum absolute atomic E-state index is 12.9. The summed E-state index contributed by atoms with van der Waals surface area (Å²) in [5.74, 6) is -0.392. The van der Waals surface area contributed by atoms with Gasteiger partial charge in [-0.25, -0.2) is 0 Å². The zero-order valence-electron chi connectivity index (χ0n) is 18.2. The Labute approximate surface area is 204 Å². The van der Waals surface area contributed by atoms with E-state index >= 15 is 0 Å². The lowest BCUT2D eigenvalue weighted by molar-refractivity contribution is -0.132. The van der Waals surface area contributed by atoms with Crippen LogP contribution in [-0.2, 0) is 27.9 Å².